The van der Waals surface area contributed by atoms with Crippen LogP contribution in [-0.4, -0.2) is 42.0 Å². The number of nitrogens with zero attached hydrogens (tertiary/aromatic N) is 2. The Labute approximate surface area is 213 Å². The Bertz CT molecular complexity index is 1140. The molecule has 0 spiro atoms. The summed E-state index contributed by atoms with van der Waals surface area (Å²) in [6, 6.07) is 17.7. The van der Waals surface area contributed by atoms with Crippen molar-refractivity contribution in [3.63, 3.8) is 0 Å². The number of pyridine rings is 1. The minimum absolute atomic E-state index is 0.0457. The first-order valence-electron chi connectivity index (χ1n) is 11.8. The highest BCUT2D eigenvalue weighted by Crippen LogP contribution is 2.36. The summed E-state index contributed by atoms with van der Waals surface area (Å²) in [6.45, 7) is 1.96. The molecule has 4 rings (SSSR count). The van der Waals surface area contributed by atoms with Crippen molar-refractivity contribution in [2.24, 2.45) is 5.92 Å². The average molecular weight is 518 g/mol. The molecule has 1 amide bonds. The standard InChI is InChI=1S/C27H27ClF3N3O2/c28-21-10-8-19(9-11-21)25(23-6-3-4-14-32-23)33-26(35)20-12-15-34(16-13-20)17-18-36-24-7-2-1-5-22(24)27(29,30)31/h1-11,14,20,25H,12-13,15-18H2,(H,33,35)/t25-/m0/s1. The zero-order valence-corrected chi connectivity index (χ0v) is 20.3. The monoisotopic (exact) mass is 517 g/mol. The summed E-state index contributed by atoms with van der Waals surface area (Å²) < 4.78 is 44.8. The second-order valence-corrected chi connectivity index (χ2v) is 9.14. The topological polar surface area (TPSA) is 54.5 Å². The Morgan fingerprint density at radius 3 is 2.42 bits per heavy atom. The normalized spacial score (nSPS) is 15.9. The van der Waals surface area contributed by atoms with Gasteiger partial charge < -0.3 is 10.1 Å². The van der Waals surface area contributed by atoms with Crippen LogP contribution in [0.4, 0.5) is 13.2 Å². The molecule has 5 nitrogen and oxygen atoms in total. The van der Waals surface area contributed by atoms with Crippen LogP contribution in [-0.2, 0) is 11.0 Å². The maximum Gasteiger partial charge on any atom is 0.419 e. The number of hydrogen-bond donors (Lipinski definition) is 1. The lowest BCUT2D eigenvalue weighted by molar-refractivity contribution is -0.139. The van der Waals surface area contributed by atoms with Crippen molar-refractivity contribution in [2.45, 2.75) is 25.1 Å². The van der Waals surface area contributed by atoms with Gasteiger partial charge in [0.1, 0.15) is 12.4 Å². The first-order valence-corrected chi connectivity index (χ1v) is 12.2. The number of aromatic nitrogens is 1. The molecule has 36 heavy (non-hydrogen) atoms. The molecule has 0 radical (unpaired) electrons. The fourth-order valence-corrected chi connectivity index (χ4v) is 4.45. The van der Waals surface area contributed by atoms with Gasteiger partial charge in [0.25, 0.3) is 0 Å². The minimum Gasteiger partial charge on any atom is -0.492 e. The molecule has 0 bridgehead atoms. The van der Waals surface area contributed by atoms with Crippen LogP contribution in [0, 0.1) is 5.92 Å². The van der Waals surface area contributed by atoms with E-state index in [9.17, 15) is 18.0 Å². The molecule has 0 saturated carbocycles. The molecule has 1 N–H and O–H groups in total. The predicted octanol–water partition coefficient (Wildman–Crippen LogP) is 5.75. The third-order valence-corrected chi connectivity index (χ3v) is 6.54. The lowest BCUT2D eigenvalue weighted by Crippen LogP contribution is -2.43. The third kappa shape index (κ3) is 6.77. The molecule has 0 aliphatic carbocycles. The number of alkyl halides is 3. The Kier molecular flexibility index (Phi) is 8.48. The summed E-state index contributed by atoms with van der Waals surface area (Å²) >= 11 is 6.04. The van der Waals surface area contributed by atoms with Gasteiger partial charge in [0, 0.05) is 23.7 Å². The summed E-state index contributed by atoms with van der Waals surface area (Å²) in [5, 5.41) is 3.76. The first kappa shape index (κ1) is 26.0. The first-order chi connectivity index (χ1) is 17.3. The predicted molar refractivity (Wildman–Crippen MR) is 132 cm³/mol. The highest BCUT2D eigenvalue weighted by Gasteiger charge is 2.34. The van der Waals surface area contributed by atoms with Crippen LogP contribution < -0.4 is 10.1 Å². The molecule has 190 valence electrons. The van der Waals surface area contributed by atoms with Gasteiger partial charge in [-0.3, -0.25) is 14.7 Å². The Hall–Kier alpha value is -3.10. The van der Waals surface area contributed by atoms with Gasteiger partial charge in [-0.1, -0.05) is 41.9 Å². The number of amides is 1. The van der Waals surface area contributed by atoms with Crippen LogP contribution in [0.1, 0.15) is 35.7 Å². The number of halogens is 4. The van der Waals surface area contributed by atoms with E-state index >= 15 is 0 Å². The second-order valence-electron chi connectivity index (χ2n) is 8.71. The Morgan fingerprint density at radius 2 is 1.75 bits per heavy atom. The average Bonchev–Trinajstić information content (AvgIpc) is 2.88. The van der Waals surface area contributed by atoms with Gasteiger partial charge in [-0.25, -0.2) is 0 Å². The van der Waals surface area contributed by atoms with Gasteiger partial charge in [0.05, 0.1) is 17.3 Å². The van der Waals surface area contributed by atoms with Crippen molar-refractivity contribution < 1.29 is 22.7 Å². The van der Waals surface area contributed by atoms with Gasteiger partial charge in [-0.2, -0.15) is 13.2 Å². The summed E-state index contributed by atoms with van der Waals surface area (Å²) in [6.07, 6.45) is -1.46. The largest absolute Gasteiger partial charge is 0.492 e. The molecule has 2 aromatic carbocycles. The van der Waals surface area contributed by atoms with E-state index < -0.39 is 17.8 Å². The van der Waals surface area contributed by atoms with E-state index in [1.165, 1.54) is 18.2 Å². The molecule has 1 aromatic heterocycles. The summed E-state index contributed by atoms with van der Waals surface area (Å²) in [5.41, 5.74) is 0.852. The summed E-state index contributed by atoms with van der Waals surface area (Å²) in [7, 11) is 0. The Balaban J connectivity index is 1.30. The van der Waals surface area contributed by atoms with Crippen molar-refractivity contribution in [1.82, 2.24) is 15.2 Å². The zero-order valence-electron chi connectivity index (χ0n) is 19.5. The maximum absolute atomic E-state index is 13.1. The van der Waals surface area contributed by atoms with Crippen molar-refractivity contribution in [3.8, 4) is 5.75 Å². The van der Waals surface area contributed by atoms with Gasteiger partial charge in [-0.05, 0) is 67.9 Å². The van der Waals surface area contributed by atoms with Crippen LogP contribution in [0.3, 0.4) is 0 Å². The highest BCUT2D eigenvalue weighted by molar-refractivity contribution is 6.30. The van der Waals surface area contributed by atoms with Crippen molar-refractivity contribution >= 4 is 17.5 Å². The number of piperidine rings is 1. The lowest BCUT2D eigenvalue weighted by atomic mass is 9.94. The van der Waals surface area contributed by atoms with Gasteiger partial charge in [-0.15, -0.1) is 0 Å². The van der Waals surface area contributed by atoms with E-state index in [0.29, 0.717) is 37.5 Å². The Morgan fingerprint density at radius 1 is 1.06 bits per heavy atom. The smallest absolute Gasteiger partial charge is 0.419 e. The van der Waals surface area contributed by atoms with Crippen molar-refractivity contribution in [3.05, 3.63) is 94.8 Å². The molecule has 1 aliphatic heterocycles. The van der Waals surface area contributed by atoms with Crippen LogP contribution in [0.5, 0.6) is 5.75 Å². The van der Waals surface area contributed by atoms with Gasteiger partial charge in [0.2, 0.25) is 5.91 Å². The van der Waals surface area contributed by atoms with Gasteiger partial charge >= 0.3 is 6.18 Å². The molecule has 3 aromatic rings. The third-order valence-electron chi connectivity index (χ3n) is 6.29. The zero-order chi connectivity index (χ0) is 25.5. The summed E-state index contributed by atoms with van der Waals surface area (Å²) in [4.78, 5) is 19.7. The van der Waals surface area contributed by atoms with Crippen LogP contribution in [0.15, 0.2) is 72.9 Å². The maximum atomic E-state index is 13.1. The van der Waals surface area contributed by atoms with Crippen LogP contribution in [0.25, 0.3) is 0 Å². The number of benzene rings is 2. The SMILES string of the molecule is O=C(N[C@@H](c1ccc(Cl)cc1)c1ccccn1)C1CCN(CCOc2ccccc2C(F)(F)F)CC1. The van der Waals surface area contributed by atoms with E-state index in [1.54, 1.807) is 18.3 Å². The minimum atomic E-state index is -4.46. The van der Waals surface area contributed by atoms with Gasteiger partial charge in [0.15, 0.2) is 0 Å². The van der Waals surface area contributed by atoms with E-state index in [1.807, 2.05) is 30.3 Å². The molecular formula is C27H27ClF3N3O2. The molecular weight excluding hydrogens is 491 g/mol. The molecule has 1 fully saturated rings. The van der Waals surface area contributed by atoms with E-state index in [4.69, 9.17) is 16.3 Å². The number of likely N-dealkylation sites (tertiary alicyclic amines) is 1. The molecule has 9 heteroatoms. The number of nitrogens with one attached hydrogen (secondary N) is 1. The number of ether oxygens (including phenoxy) is 1. The number of hydrogen-bond acceptors (Lipinski definition) is 4. The van der Waals surface area contributed by atoms with E-state index in [-0.39, 0.29) is 24.2 Å². The lowest BCUT2D eigenvalue weighted by Gasteiger charge is -2.32. The van der Waals surface area contributed by atoms with Crippen LogP contribution in [0.2, 0.25) is 5.02 Å². The molecule has 2 heterocycles. The van der Waals surface area contributed by atoms with Crippen molar-refractivity contribution in [1.29, 1.82) is 0 Å². The second kappa shape index (κ2) is 11.8. The molecule has 1 aliphatic rings. The van der Waals surface area contributed by atoms with Crippen LogP contribution >= 0.6 is 11.6 Å². The summed E-state index contributed by atoms with van der Waals surface area (Å²) in [5.74, 6) is -0.371. The quantitative estimate of drug-likeness (QED) is 0.413. The number of carbonyl (C=O) groups excluding carboxylic acids is 1. The highest BCUT2D eigenvalue weighted by atomic mass is 35.5. The number of carbonyl (C=O) groups is 1. The van der Waals surface area contributed by atoms with Crippen molar-refractivity contribution in [2.75, 3.05) is 26.2 Å². The van der Waals surface area contributed by atoms with E-state index in [0.717, 1.165) is 17.3 Å². The molecule has 1 atom stereocenters. The number of para-hydroxylation sites is 1. The fraction of sp³-hybridized carbons (Fsp3) is 0.333. The molecule has 1 saturated heterocycles. The van der Waals surface area contributed by atoms with E-state index in [2.05, 4.69) is 15.2 Å². The fourth-order valence-electron chi connectivity index (χ4n) is 4.32. The molecule has 0 unspecified atom stereocenters. The number of rotatable bonds is 8.